The molecule has 5 heteroatoms. The molecule has 1 heterocycles. The normalized spacial score (nSPS) is 10.7. The number of fused-ring (bicyclic) bond motifs is 1. The highest BCUT2D eigenvalue weighted by Crippen LogP contribution is 2.33. The van der Waals surface area contributed by atoms with E-state index in [0.29, 0.717) is 33.3 Å². The molecule has 90 valence electrons. The molecule has 0 radical (unpaired) electrons. The number of benzene rings is 2. The first-order valence-corrected chi connectivity index (χ1v) is 5.67. The minimum absolute atomic E-state index is 0.454. The Morgan fingerprint density at radius 3 is 2.89 bits per heavy atom. The Hall–Kier alpha value is -2.20. The Bertz CT molecular complexity index is 709. The number of rotatable bonds is 2. The molecule has 0 spiro atoms. The zero-order valence-corrected chi connectivity index (χ0v) is 10.0. The number of nitrogens with two attached hydrogens (primary N) is 1. The highest BCUT2D eigenvalue weighted by molar-refractivity contribution is 6.32. The van der Waals surface area contributed by atoms with Crippen LogP contribution in [-0.2, 0) is 0 Å². The van der Waals surface area contributed by atoms with E-state index in [1.54, 1.807) is 24.3 Å². The Morgan fingerprint density at radius 1 is 1.17 bits per heavy atom. The molecule has 1 aromatic heterocycles. The summed E-state index contributed by atoms with van der Waals surface area (Å²) in [7, 11) is 0. The average molecular weight is 261 g/mol. The average Bonchev–Trinajstić information content (AvgIpc) is 2.82. The number of halogens is 1. The largest absolute Gasteiger partial charge is 0.453 e. The van der Waals surface area contributed by atoms with Gasteiger partial charge in [-0.2, -0.15) is 0 Å². The maximum atomic E-state index is 6.06. The van der Waals surface area contributed by atoms with Gasteiger partial charge in [-0.05, 0) is 30.3 Å². The van der Waals surface area contributed by atoms with E-state index in [-0.39, 0.29) is 0 Å². The number of hydrogen-bond acceptors (Lipinski definition) is 4. The molecular formula is C13H9ClN2O2. The van der Waals surface area contributed by atoms with Crippen molar-refractivity contribution in [2.45, 2.75) is 0 Å². The Kier molecular flexibility index (Phi) is 2.57. The fourth-order valence-electron chi connectivity index (χ4n) is 1.66. The summed E-state index contributed by atoms with van der Waals surface area (Å²) in [5, 5.41) is 0.454. The van der Waals surface area contributed by atoms with E-state index in [2.05, 4.69) is 4.98 Å². The Labute approximate surface area is 108 Å². The van der Waals surface area contributed by atoms with Crippen molar-refractivity contribution in [3.8, 4) is 11.5 Å². The maximum absolute atomic E-state index is 6.06. The lowest BCUT2D eigenvalue weighted by molar-refractivity contribution is 0.487. The summed E-state index contributed by atoms with van der Waals surface area (Å²) in [6.07, 6.45) is 1.38. The van der Waals surface area contributed by atoms with E-state index in [9.17, 15) is 0 Å². The van der Waals surface area contributed by atoms with Gasteiger partial charge in [0.05, 0.1) is 5.02 Å². The summed E-state index contributed by atoms with van der Waals surface area (Å²) in [5.41, 5.74) is 7.54. The predicted octanol–water partition coefficient (Wildman–Crippen LogP) is 3.86. The van der Waals surface area contributed by atoms with Crippen molar-refractivity contribution in [3.05, 3.63) is 47.8 Å². The fourth-order valence-corrected chi connectivity index (χ4v) is 1.89. The van der Waals surface area contributed by atoms with Crippen LogP contribution < -0.4 is 10.5 Å². The van der Waals surface area contributed by atoms with Gasteiger partial charge >= 0.3 is 0 Å². The fraction of sp³-hybridized carbons (Fsp3) is 0. The number of ether oxygens (including phenoxy) is 1. The van der Waals surface area contributed by atoms with Gasteiger partial charge in [-0.15, -0.1) is 0 Å². The third-order valence-corrected chi connectivity index (χ3v) is 2.79. The predicted molar refractivity (Wildman–Crippen MR) is 69.9 cm³/mol. The third kappa shape index (κ3) is 1.87. The van der Waals surface area contributed by atoms with Crippen molar-refractivity contribution >= 4 is 28.4 Å². The van der Waals surface area contributed by atoms with Crippen LogP contribution in [0.15, 0.2) is 47.2 Å². The number of para-hydroxylation sites is 1. The van der Waals surface area contributed by atoms with Crippen molar-refractivity contribution in [3.63, 3.8) is 0 Å². The monoisotopic (exact) mass is 260 g/mol. The molecule has 0 aliphatic carbocycles. The quantitative estimate of drug-likeness (QED) is 0.711. The van der Waals surface area contributed by atoms with E-state index < -0.39 is 0 Å². The second-order valence-corrected chi connectivity index (χ2v) is 4.15. The van der Waals surface area contributed by atoms with Crippen molar-refractivity contribution in [1.82, 2.24) is 4.98 Å². The summed E-state index contributed by atoms with van der Waals surface area (Å²) in [6, 6.07) is 10.5. The van der Waals surface area contributed by atoms with Crippen LogP contribution >= 0.6 is 11.6 Å². The van der Waals surface area contributed by atoms with Crippen molar-refractivity contribution in [1.29, 1.82) is 0 Å². The summed E-state index contributed by atoms with van der Waals surface area (Å²) in [4.78, 5) is 4.10. The molecule has 0 saturated carbocycles. The molecule has 0 atom stereocenters. The van der Waals surface area contributed by atoms with Gasteiger partial charge in [0.1, 0.15) is 5.75 Å². The molecule has 0 aliphatic rings. The van der Waals surface area contributed by atoms with Gasteiger partial charge in [0.2, 0.25) is 0 Å². The zero-order chi connectivity index (χ0) is 12.5. The van der Waals surface area contributed by atoms with Crippen LogP contribution in [0.1, 0.15) is 0 Å². The molecule has 3 rings (SSSR count). The molecule has 2 aromatic carbocycles. The number of hydrogen-bond donors (Lipinski definition) is 1. The van der Waals surface area contributed by atoms with Crippen LogP contribution in [0.4, 0.5) is 5.69 Å². The number of nitrogen functional groups attached to an aromatic ring is 1. The third-order valence-electron chi connectivity index (χ3n) is 2.50. The van der Waals surface area contributed by atoms with Crippen molar-refractivity contribution in [2.24, 2.45) is 0 Å². The molecular weight excluding hydrogens is 252 g/mol. The number of oxazole rings is 1. The van der Waals surface area contributed by atoms with Crippen molar-refractivity contribution in [2.75, 3.05) is 5.73 Å². The molecule has 0 unspecified atom stereocenters. The van der Waals surface area contributed by atoms with Gasteiger partial charge in [-0.3, -0.25) is 0 Å². The SMILES string of the molecule is Nc1ccc(Oc2cccc3ocnc23)c(Cl)c1. The molecule has 0 aliphatic heterocycles. The second kappa shape index (κ2) is 4.23. The van der Waals surface area contributed by atoms with Gasteiger partial charge in [0.25, 0.3) is 0 Å². The number of anilines is 1. The van der Waals surface area contributed by atoms with E-state index in [1.165, 1.54) is 6.39 Å². The highest BCUT2D eigenvalue weighted by atomic mass is 35.5. The van der Waals surface area contributed by atoms with Gasteiger partial charge in [0, 0.05) is 5.69 Å². The summed E-state index contributed by atoms with van der Waals surface area (Å²) >= 11 is 6.06. The minimum atomic E-state index is 0.454. The summed E-state index contributed by atoms with van der Waals surface area (Å²) < 4.78 is 10.9. The Morgan fingerprint density at radius 2 is 2.06 bits per heavy atom. The lowest BCUT2D eigenvalue weighted by Gasteiger charge is -2.08. The van der Waals surface area contributed by atoms with Gasteiger partial charge in [-0.25, -0.2) is 4.98 Å². The van der Waals surface area contributed by atoms with Crippen LogP contribution in [0, 0.1) is 0 Å². The first-order chi connectivity index (χ1) is 8.74. The summed E-state index contributed by atoms with van der Waals surface area (Å²) in [5.74, 6) is 1.12. The summed E-state index contributed by atoms with van der Waals surface area (Å²) in [6.45, 7) is 0. The molecule has 0 bridgehead atoms. The molecule has 0 saturated heterocycles. The molecule has 0 fully saturated rings. The van der Waals surface area contributed by atoms with Crippen LogP contribution in [0.2, 0.25) is 5.02 Å². The standard InChI is InChI=1S/C13H9ClN2O2/c14-9-6-8(15)4-5-10(9)18-12-3-1-2-11-13(12)16-7-17-11/h1-7H,15H2. The zero-order valence-electron chi connectivity index (χ0n) is 9.26. The smallest absolute Gasteiger partial charge is 0.182 e. The van der Waals surface area contributed by atoms with Crippen LogP contribution in [-0.4, -0.2) is 4.98 Å². The van der Waals surface area contributed by atoms with Crippen LogP contribution in [0.25, 0.3) is 11.1 Å². The van der Waals surface area contributed by atoms with Gasteiger partial charge < -0.3 is 14.9 Å². The number of aromatic nitrogens is 1. The van der Waals surface area contributed by atoms with Crippen LogP contribution in [0.5, 0.6) is 11.5 Å². The van der Waals surface area contributed by atoms with E-state index in [0.717, 1.165) is 0 Å². The Balaban J connectivity index is 2.03. The van der Waals surface area contributed by atoms with Crippen LogP contribution in [0.3, 0.4) is 0 Å². The molecule has 0 amide bonds. The van der Waals surface area contributed by atoms with Gasteiger partial charge in [0.15, 0.2) is 23.2 Å². The molecule has 3 aromatic rings. The first kappa shape index (κ1) is 10.9. The number of nitrogens with zero attached hydrogens (tertiary/aromatic N) is 1. The topological polar surface area (TPSA) is 61.3 Å². The van der Waals surface area contributed by atoms with E-state index >= 15 is 0 Å². The highest BCUT2D eigenvalue weighted by Gasteiger charge is 2.09. The van der Waals surface area contributed by atoms with Crippen molar-refractivity contribution < 1.29 is 9.15 Å². The second-order valence-electron chi connectivity index (χ2n) is 3.75. The molecule has 4 nitrogen and oxygen atoms in total. The lowest BCUT2D eigenvalue weighted by Crippen LogP contribution is -1.89. The van der Waals surface area contributed by atoms with Gasteiger partial charge in [-0.1, -0.05) is 17.7 Å². The van der Waals surface area contributed by atoms with E-state index in [1.807, 2.05) is 12.1 Å². The first-order valence-electron chi connectivity index (χ1n) is 5.29. The lowest BCUT2D eigenvalue weighted by atomic mass is 10.3. The molecule has 18 heavy (non-hydrogen) atoms. The minimum Gasteiger partial charge on any atom is -0.453 e. The molecule has 2 N–H and O–H groups in total. The maximum Gasteiger partial charge on any atom is 0.182 e. The van der Waals surface area contributed by atoms with E-state index in [4.69, 9.17) is 26.5 Å².